The molecular formula is C12H18N2O2. The zero-order valence-corrected chi connectivity index (χ0v) is 9.56. The Morgan fingerprint density at radius 2 is 2.00 bits per heavy atom. The van der Waals surface area contributed by atoms with Gasteiger partial charge in [0.2, 0.25) is 0 Å². The number of para-hydroxylation sites is 1. The number of amides is 1. The smallest absolute Gasteiger partial charge is 0.414 e. The van der Waals surface area contributed by atoms with Gasteiger partial charge in [-0.15, -0.1) is 0 Å². The summed E-state index contributed by atoms with van der Waals surface area (Å²) in [4.78, 5) is 13.1. The molecule has 0 spiro atoms. The Labute approximate surface area is 96.0 Å². The summed E-state index contributed by atoms with van der Waals surface area (Å²) in [5, 5.41) is 0. The highest BCUT2D eigenvalue weighted by Gasteiger charge is 2.10. The Morgan fingerprint density at radius 3 is 2.62 bits per heavy atom. The fourth-order valence-corrected chi connectivity index (χ4v) is 1.26. The van der Waals surface area contributed by atoms with E-state index in [0.717, 1.165) is 18.5 Å². The van der Waals surface area contributed by atoms with E-state index < -0.39 is 0 Å². The minimum Gasteiger partial charge on any atom is -0.449 e. The third-order valence-electron chi connectivity index (χ3n) is 2.24. The van der Waals surface area contributed by atoms with Crippen LogP contribution in [0.5, 0.6) is 0 Å². The second-order valence-corrected chi connectivity index (χ2v) is 3.50. The average molecular weight is 222 g/mol. The zero-order valence-electron chi connectivity index (χ0n) is 9.56. The van der Waals surface area contributed by atoms with Crippen LogP contribution >= 0.6 is 0 Å². The van der Waals surface area contributed by atoms with Gasteiger partial charge in [0, 0.05) is 12.7 Å². The van der Waals surface area contributed by atoms with Gasteiger partial charge in [-0.05, 0) is 31.5 Å². The highest BCUT2D eigenvalue weighted by Crippen LogP contribution is 2.11. The monoisotopic (exact) mass is 222 g/mol. The van der Waals surface area contributed by atoms with Crippen molar-refractivity contribution in [3.8, 4) is 0 Å². The molecule has 0 radical (unpaired) electrons. The maximum absolute atomic E-state index is 11.6. The topological polar surface area (TPSA) is 55.6 Å². The number of carbonyl (C=O) groups excluding carboxylic acids is 1. The second-order valence-electron chi connectivity index (χ2n) is 3.50. The van der Waals surface area contributed by atoms with Crippen molar-refractivity contribution >= 4 is 11.8 Å². The van der Waals surface area contributed by atoms with Crippen molar-refractivity contribution in [3.05, 3.63) is 30.3 Å². The summed E-state index contributed by atoms with van der Waals surface area (Å²) in [5.41, 5.74) is 6.17. The minimum atomic E-state index is -0.330. The fourth-order valence-electron chi connectivity index (χ4n) is 1.26. The van der Waals surface area contributed by atoms with Crippen molar-refractivity contribution in [1.29, 1.82) is 0 Å². The minimum absolute atomic E-state index is 0.330. The summed E-state index contributed by atoms with van der Waals surface area (Å²) in [6.45, 7) is 1.05. The van der Waals surface area contributed by atoms with Gasteiger partial charge in [0.1, 0.15) is 0 Å². The molecule has 4 nitrogen and oxygen atoms in total. The number of ether oxygens (including phenoxy) is 1. The van der Waals surface area contributed by atoms with E-state index in [1.54, 1.807) is 7.05 Å². The largest absolute Gasteiger partial charge is 0.449 e. The van der Waals surface area contributed by atoms with Crippen LogP contribution in [0.4, 0.5) is 10.5 Å². The first kappa shape index (κ1) is 12.5. The van der Waals surface area contributed by atoms with Crippen molar-refractivity contribution in [1.82, 2.24) is 0 Å². The summed E-state index contributed by atoms with van der Waals surface area (Å²) < 4.78 is 5.09. The van der Waals surface area contributed by atoms with Gasteiger partial charge in [-0.2, -0.15) is 0 Å². The Morgan fingerprint density at radius 1 is 1.31 bits per heavy atom. The van der Waals surface area contributed by atoms with Crippen LogP contribution in [0.2, 0.25) is 0 Å². The summed E-state index contributed by atoms with van der Waals surface area (Å²) in [7, 11) is 1.70. The van der Waals surface area contributed by atoms with Gasteiger partial charge >= 0.3 is 6.09 Å². The number of benzene rings is 1. The number of rotatable bonds is 5. The van der Waals surface area contributed by atoms with E-state index in [4.69, 9.17) is 10.5 Å². The van der Waals surface area contributed by atoms with Crippen LogP contribution in [0.15, 0.2) is 30.3 Å². The maximum Gasteiger partial charge on any atom is 0.414 e. The second kappa shape index (κ2) is 6.85. The van der Waals surface area contributed by atoms with Crippen LogP contribution in [0, 0.1) is 0 Å². The molecule has 1 aromatic rings. The van der Waals surface area contributed by atoms with Crippen LogP contribution in [-0.4, -0.2) is 26.3 Å². The van der Waals surface area contributed by atoms with Crippen molar-refractivity contribution in [2.24, 2.45) is 5.73 Å². The fraction of sp³-hybridized carbons (Fsp3) is 0.417. The zero-order chi connectivity index (χ0) is 11.8. The van der Waals surface area contributed by atoms with Crippen LogP contribution in [0.3, 0.4) is 0 Å². The summed E-state index contributed by atoms with van der Waals surface area (Å²) in [6, 6.07) is 9.40. The highest BCUT2D eigenvalue weighted by molar-refractivity contribution is 5.86. The molecule has 4 heteroatoms. The Hall–Kier alpha value is -1.55. The van der Waals surface area contributed by atoms with Gasteiger partial charge in [-0.3, -0.25) is 4.90 Å². The lowest BCUT2D eigenvalue weighted by Crippen LogP contribution is -2.27. The molecule has 0 aliphatic rings. The molecule has 1 amide bonds. The number of hydrogen-bond donors (Lipinski definition) is 1. The van der Waals surface area contributed by atoms with Gasteiger partial charge in [-0.1, -0.05) is 18.2 Å². The molecule has 0 unspecified atom stereocenters. The summed E-state index contributed by atoms with van der Waals surface area (Å²) >= 11 is 0. The SMILES string of the molecule is CN(C(=O)OCCCCN)c1ccccc1. The van der Waals surface area contributed by atoms with Gasteiger partial charge < -0.3 is 10.5 Å². The Kier molecular flexibility index (Phi) is 5.36. The molecule has 0 aliphatic heterocycles. The van der Waals surface area contributed by atoms with Gasteiger partial charge in [0.05, 0.1) is 6.61 Å². The number of nitrogens with zero attached hydrogens (tertiary/aromatic N) is 1. The van der Waals surface area contributed by atoms with Crippen LogP contribution in [0.1, 0.15) is 12.8 Å². The number of anilines is 1. The van der Waals surface area contributed by atoms with Gasteiger partial charge in [0.25, 0.3) is 0 Å². The van der Waals surface area contributed by atoms with Crippen molar-refractivity contribution in [2.75, 3.05) is 25.1 Å². The molecule has 1 aromatic carbocycles. The van der Waals surface area contributed by atoms with E-state index in [1.807, 2.05) is 30.3 Å². The van der Waals surface area contributed by atoms with Gasteiger partial charge in [0.15, 0.2) is 0 Å². The first-order valence-electron chi connectivity index (χ1n) is 5.41. The highest BCUT2D eigenvalue weighted by atomic mass is 16.6. The van der Waals surface area contributed by atoms with E-state index >= 15 is 0 Å². The molecule has 2 N–H and O–H groups in total. The number of unbranched alkanes of at least 4 members (excludes halogenated alkanes) is 1. The van der Waals surface area contributed by atoms with Crippen LogP contribution in [0.25, 0.3) is 0 Å². The van der Waals surface area contributed by atoms with Crippen LogP contribution in [-0.2, 0) is 4.74 Å². The predicted molar refractivity (Wildman–Crippen MR) is 64.5 cm³/mol. The van der Waals surface area contributed by atoms with Crippen molar-refractivity contribution in [3.63, 3.8) is 0 Å². The first-order valence-corrected chi connectivity index (χ1v) is 5.41. The lowest BCUT2D eigenvalue weighted by molar-refractivity contribution is 0.153. The summed E-state index contributed by atoms with van der Waals surface area (Å²) in [5.74, 6) is 0. The van der Waals surface area contributed by atoms with E-state index in [9.17, 15) is 4.79 Å². The van der Waals surface area contributed by atoms with E-state index in [-0.39, 0.29) is 6.09 Å². The van der Waals surface area contributed by atoms with E-state index in [0.29, 0.717) is 13.2 Å². The molecule has 0 aromatic heterocycles. The average Bonchev–Trinajstić information content (AvgIpc) is 2.34. The number of hydrogen-bond acceptors (Lipinski definition) is 3. The predicted octanol–water partition coefficient (Wildman–Crippen LogP) is 2.00. The molecule has 0 fully saturated rings. The van der Waals surface area contributed by atoms with Crippen molar-refractivity contribution in [2.45, 2.75) is 12.8 Å². The molecule has 0 aliphatic carbocycles. The lowest BCUT2D eigenvalue weighted by Gasteiger charge is -2.16. The molecular weight excluding hydrogens is 204 g/mol. The molecule has 0 atom stereocenters. The van der Waals surface area contributed by atoms with Crippen LogP contribution < -0.4 is 10.6 Å². The van der Waals surface area contributed by atoms with E-state index in [2.05, 4.69) is 0 Å². The Balaban J connectivity index is 2.37. The molecule has 0 saturated carbocycles. The lowest BCUT2D eigenvalue weighted by atomic mass is 10.3. The third kappa shape index (κ3) is 3.90. The normalized spacial score (nSPS) is 9.88. The van der Waals surface area contributed by atoms with Gasteiger partial charge in [-0.25, -0.2) is 4.79 Å². The molecule has 1 rings (SSSR count). The van der Waals surface area contributed by atoms with E-state index in [1.165, 1.54) is 4.90 Å². The Bertz CT molecular complexity index is 314. The molecule has 0 saturated heterocycles. The first-order chi connectivity index (χ1) is 7.75. The molecule has 0 bridgehead atoms. The molecule has 16 heavy (non-hydrogen) atoms. The summed E-state index contributed by atoms with van der Waals surface area (Å²) in [6.07, 6.45) is 1.36. The number of carbonyl (C=O) groups is 1. The molecule has 0 heterocycles. The quantitative estimate of drug-likeness (QED) is 0.775. The third-order valence-corrected chi connectivity index (χ3v) is 2.24. The molecule has 88 valence electrons. The standard InChI is InChI=1S/C12H18N2O2/c1-14(11-7-3-2-4-8-11)12(15)16-10-6-5-9-13/h2-4,7-8H,5-6,9-10,13H2,1H3. The number of nitrogens with two attached hydrogens (primary N) is 1. The van der Waals surface area contributed by atoms with Crippen molar-refractivity contribution < 1.29 is 9.53 Å². The maximum atomic E-state index is 11.6.